The summed E-state index contributed by atoms with van der Waals surface area (Å²) < 4.78 is 1.71. The molecule has 2 aromatic rings. The van der Waals surface area contributed by atoms with Crippen LogP contribution < -0.4 is 0 Å². The van der Waals surface area contributed by atoms with Gasteiger partial charge in [-0.15, -0.1) is 0 Å². The highest BCUT2D eigenvalue weighted by Gasteiger charge is 2.27. The number of amides is 1. The lowest BCUT2D eigenvalue weighted by Crippen LogP contribution is -2.40. The van der Waals surface area contributed by atoms with Gasteiger partial charge < -0.3 is 10.0 Å². The molecule has 0 bridgehead atoms. The Bertz CT molecular complexity index is 818. The van der Waals surface area contributed by atoms with Gasteiger partial charge >= 0.3 is 5.97 Å². The minimum absolute atomic E-state index is 0.0456. The zero-order chi connectivity index (χ0) is 18.7. The number of carboxylic acid groups (broad SMARTS) is 1. The molecule has 0 radical (unpaired) electrons. The van der Waals surface area contributed by atoms with Crippen molar-refractivity contribution in [3.8, 4) is 5.69 Å². The van der Waals surface area contributed by atoms with E-state index < -0.39 is 5.97 Å². The zero-order valence-electron chi connectivity index (χ0n) is 14.7. The summed E-state index contributed by atoms with van der Waals surface area (Å²) >= 11 is 6.05. The fourth-order valence-electron chi connectivity index (χ4n) is 3.47. The Morgan fingerprint density at radius 2 is 2.19 bits per heavy atom. The normalized spacial score (nSPS) is 17.3. The number of aliphatic carboxylic acids is 1. The van der Waals surface area contributed by atoms with Crippen LogP contribution in [0.4, 0.5) is 0 Å². The van der Waals surface area contributed by atoms with Crippen molar-refractivity contribution in [2.24, 2.45) is 5.92 Å². The average molecular weight is 376 g/mol. The van der Waals surface area contributed by atoms with Gasteiger partial charge in [-0.2, -0.15) is 5.10 Å². The molecular weight excluding hydrogens is 354 g/mol. The first-order valence-corrected chi connectivity index (χ1v) is 9.15. The second-order valence-corrected chi connectivity index (χ2v) is 7.16. The largest absolute Gasteiger partial charge is 0.481 e. The molecule has 0 saturated carbocycles. The first-order valence-electron chi connectivity index (χ1n) is 8.77. The standard InChI is InChI=1S/C19H22ClN3O3/c1-13-17(11-21-23(13)16-6-2-5-15(20)10-16)19(26)22-9-3-4-14(12-22)7-8-18(24)25/h2,5-6,10-11,14H,3-4,7-9,12H2,1H3,(H,24,25)/t14-/m1/s1. The number of carbonyl (C=O) groups is 2. The van der Waals surface area contributed by atoms with Gasteiger partial charge in [0.25, 0.3) is 5.91 Å². The van der Waals surface area contributed by atoms with E-state index in [4.69, 9.17) is 16.7 Å². The van der Waals surface area contributed by atoms with Gasteiger partial charge in [0.2, 0.25) is 0 Å². The number of aromatic nitrogens is 2. The van der Waals surface area contributed by atoms with Crippen molar-refractivity contribution in [3.63, 3.8) is 0 Å². The molecule has 3 rings (SSSR count). The molecule has 1 saturated heterocycles. The predicted octanol–water partition coefficient (Wildman–Crippen LogP) is 3.55. The van der Waals surface area contributed by atoms with Crippen LogP contribution >= 0.6 is 11.6 Å². The molecule has 2 heterocycles. The number of benzene rings is 1. The lowest BCUT2D eigenvalue weighted by atomic mass is 9.93. The summed E-state index contributed by atoms with van der Waals surface area (Å²) in [7, 11) is 0. The molecule has 7 heteroatoms. The number of carbonyl (C=O) groups excluding carboxylic acids is 1. The number of piperidine rings is 1. The Morgan fingerprint density at radius 3 is 2.92 bits per heavy atom. The van der Waals surface area contributed by atoms with Crippen LogP contribution in [0, 0.1) is 12.8 Å². The third kappa shape index (κ3) is 4.07. The molecule has 138 valence electrons. The molecule has 0 unspecified atom stereocenters. The quantitative estimate of drug-likeness (QED) is 0.867. The van der Waals surface area contributed by atoms with Crippen molar-refractivity contribution < 1.29 is 14.7 Å². The van der Waals surface area contributed by atoms with Crippen LogP contribution in [0.2, 0.25) is 5.02 Å². The molecule has 1 aliphatic heterocycles. The van der Waals surface area contributed by atoms with Crippen molar-refractivity contribution in [1.82, 2.24) is 14.7 Å². The monoisotopic (exact) mass is 375 g/mol. The fraction of sp³-hybridized carbons (Fsp3) is 0.421. The summed E-state index contributed by atoms with van der Waals surface area (Å²) in [6.07, 6.45) is 4.23. The number of likely N-dealkylation sites (tertiary alicyclic amines) is 1. The number of halogens is 1. The molecule has 1 atom stereocenters. The highest BCUT2D eigenvalue weighted by Crippen LogP contribution is 2.24. The van der Waals surface area contributed by atoms with Gasteiger partial charge in [0.05, 0.1) is 23.1 Å². The van der Waals surface area contributed by atoms with Crippen molar-refractivity contribution in [1.29, 1.82) is 0 Å². The summed E-state index contributed by atoms with van der Waals surface area (Å²) in [5.41, 5.74) is 2.15. The highest BCUT2D eigenvalue weighted by atomic mass is 35.5. The van der Waals surface area contributed by atoms with Gasteiger partial charge in [-0.3, -0.25) is 9.59 Å². The Balaban J connectivity index is 1.75. The maximum absolute atomic E-state index is 12.9. The van der Waals surface area contributed by atoms with Crippen LogP contribution in [0.3, 0.4) is 0 Å². The first-order chi connectivity index (χ1) is 12.5. The number of carboxylic acids is 1. The molecular formula is C19H22ClN3O3. The van der Waals surface area contributed by atoms with Gasteiger partial charge in [-0.1, -0.05) is 17.7 Å². The van der Waals surface area contributed by atoms with Crippen molar-refractivity contribution in [2.75, 3.05) is 13.1 Å². The molecule has 6 nitrogen and oxygen atoms in total. The molecule has 26 heavy (non-hydrogen) atoms. The van der Waals surface area contributed by atoms with Crippen LogP contribution in [-0.2, 0) is 4.79 Å². The summed E-state index contributed by atoms with van der Waals surface area (Å²) in [6, 6.07) is 7.33. The number of hydrogen-bond donors (Lipinski definition) is 1. The van der Waals surface area contributed by atoms with E-state index in [1.165, 1.54) is 0 Å². The third-order valence-corrected chi connectivity index (χ3v) is 5.10. The first kappa shape index (κ1) is 18.5. The number of nitrogens with zero attached hydrogens (tertiary/aromatic N) is 3. The van der Waals surface area contributed by atoms with E-state index in [0.717, 1.165) is 24.2 Å². The third-order valence-electron chi connectivity index (χ3n) is 4.87. The Labute approximate surface area is 157 Å². The number of rotatable bonds is 5. The van der Waals surface area contributed by atoms with Gasteiger partial charge in [-0.05, 0) is 50.3 Å². The van der Waals surface area contributed by atoms with Gasteiger partial charge in [0.15, 0.2) is 0 Å². The van der Waals surface area contributed by atoms with Crippen LogP contribution in [0.15, 0.2) is 30.5 Å². The van der Waals surface area contributed by atoms with E-state index in [-0.39, 0.29) is 18.2 Å². The Kier molecular flexibility index (Phi) is 5.61. The number of hydrogen-bond acceptors (Lipinski definition) is 3. The smallest absolute Gasteiger partial charge is 0.303 e. The molecule has 1 fully saturated rings. The molecule has 1 aliphatic rings. The van der Waals surface area contributed by atoms with Gasteiger partial charge in [0, 0.05) is 24.5 Å². The van der Waals surface area contributed by atoms with E-state index >= 15 is 0 Å². The maximum atomic E-state index is 12.9. The minimum atomic E-state index is -0.785. The molecule has 0 aliphatic carbocycles. The SMILES string of the molecule is Cc1c(C(=O)N2CCC[C@H](CCC(=O)O)C2)cnn1-c1cccc(Cl)c1. The van der Waals surface area contributed by atoms with E-state index in [0.29, 0.717) is 30.1 Å². The van der Waals surface area contributed by atoms with Crippen LogP contribution in [0.1, 0.15) is 41.7 Å². The fourth-order valence-corrected chi connectivity index (χ4v) is 3.66. The Morgan fingerprint density at radius 1 is 1.38 bits per heavy atom. The minimum Gasteiger partial charge on any atom is -0.481 e. The van der Waals surface area contributed by atoms with E-state index in [1.54, 1.807) is 23.0 Å². The van der Waals surface area contributed by atoms with E-state index in [2.05, 4.69) is 5.10 Å². The van der Waals surface area contributed by atoms with Gasteiger partial charge in [0.1, 0.15) is 0 Å². The van der Waals surface area contributed by atoms with Crippen molar-refractivity contribution in [3.05, 3.63) is 46.7 Å². The van der Waals surface area contributed by atoms with Crippen LogP contribution in [0.5, 0.6) is 0 Å². The second kappa shape index (κ2) is 7.91. The van der Waals surface area contributed by atoms with E-state index in [1.807, 2.05) is 24.0 Å². The topological polar surface area (TPSA) is 75.4 Å². The Hall–Kier alpha value is -2.34. The summed E-state index contributed by atoms with van der Waals surface area (Å²) in [5, 5.41) is 13.8. The molecule has 1 aromatic heterocycles. The lowest BCUT2D eigenvalue weighted by Gasteiger charge is -2.32. The average Bonchev–Trinajstić information content (AvgIpc) is 3.01. The zero-order valence-corrected chi connectivity index (χ0v) is 15.4. The van der Waals surface area contributed by atoms with E-state index in [9.17, 15) is 9.59 Å². The highest BCUT2D eigenvalue weighted by molar-refractivity contribution is 6.30. The van der Waals surface area contributed by atoms with Crippen molar-refractivity contribution >= 4 is 23.5 Å². The van der Waals surface area contributed by atoms with Crippen LogP contribution in [0.25, 0.3) is 5.69 Å². The molecule has 1 N–H and O–H groups in total. The van der Waals surface area contributed by atoms with Crippen molar-refractivity contribution in [2.45, 2.75) is 32.6 Å². The predicted molar refractivity (Wildman–Crippen MR) is 98.8 cm³/mol. The molecule has 1 amide bonds. The van der Waals surface area contributed by atoms with Crippen LogP contribution in [-0.4, -0.2) is 44.8 Å². The summed E-state index contributed by atoms with van der Waals surface area (Å²) in [4.78, 5) is 25.6. The lowest BCUT2D eigenvalue weighted by molar-refractivity contribution is -0.137. The van der Waals surface area contributed by atoms with Gasteiger partial charge in [-0.25, -0.2) is 4.68 Å². The molecule has 0 spiro atoms. The second-order valence-electron chi connectivity index (χ2n) is 6.73. The maximum Gasteiger partial charge on any atom is 0.303 e. The molecule has 1 aromatic carbocycles. The summed E-state index contributed by atoms with van der Waals surface area (Å²) in [6.45, 7) is 3.17. The summed E-state index contributed by atoms with van der Waals surface area (Å²) in [5.74, 6) is -0.588.